The fraction of sp³-hybridized carbons (Fsp3) is 0.438. The smallest absolute Gasteiger partial charge is 0.227 e. The number of anilines is 2. The summed E-state index contributed by atoms with van der Waals surface area (Å²) < 4.78 is 23.8. The van der Waals surface area contributed by atoms with E-state index >= 15 is 0 Å². The minimum atomic E-state index is -3.23. The number of nitrogens with zero attached hydrogens (tertiary/aromatic N) is 3. The molecule has 0 saturated heterocycles. The molecular weight excluding hydrogens is 326 g/mol. The van der Waals surface area contributed by atoms with E-state index in [-0.39, 0.29) is 12.0 Å². The van der Waals surface area contributed by atoms with Gasteiger partial charge in [-0.15, -0.1) is 0 Å². The maximum absolute atomic E-state index is 11.9. The van der Waals surface area contributed by atoms with Gasteiger partial charge in [0.25, 0.3) is 0 Å². The number of rotatable bonds is 7. The first-order chi connectivity index (χ1) is 11.3. The standard InChI is InChI=1S/C16H23N5O2S/c1-4-13(20-16-19-11(2)18-15(17)21-16)10-9-12-7-5-6-8-14(12)24(3,22)23/h5-8,13H,4,9-10H2,1-3H3,(H3,17,18,19,20,21). The van der Waals surface area contributed by atoms with Crippen LogP contribution in [0.25, 0.3) is 0 Å². The molecule has 0 fully saturated rings. The van der Waals surface area contributed by atoms with Gasteiger partial charge in [0.1, 0.15) is 5.82 Å². The molecule has 1 aromatic carbocycles. The largest absolute Gasteiger partial charge is 0.368 e. The summed E-state index contributed by atoms with van der Waals surface area (Å²) in [5.41, 5.74) is 6.47. The van der Waals surface area contributed by atoms with Crippen LogP contribution in [0.2, 0.25) is 0 Å². The van der Waals surface area contributed by atoms with E-state index in [0.717, 1.165) is 18.4 Å². The van der Waals surface area contributed by atoms with Gasteiger partial charge < -0.3 is 11.1 Å². The fourth-order valence-electron chi connectivity index (χ4n) is 2.53. The van der Waals surface area contributed by atoms with Crippen molar-refractivity contribution < 1.29 is 8.42 Å². The third-order valence-electron chi connectivity index (χ3n) is 3.72. The summed E-state index contributed by atoms with van der Waals surface area (Å²) in [6, 6.07) is 7.21. The van der Waals surface area contributed by atoms with Crippen LogP contribution in [-0.2, 0) is 16.3 Å². The van der Waals surface area contributed by atoms with Crippen molar-refractivity contribution in [3.05, 3.63) is 35.7 Å². The van der Waals surface area contributed by atoms with Crippen molar-refractivity contribution in [2.45, 2.75) is 44.0 Å². The zero-order chi connectivity index (χ0) is 17.7. The molecule has 0 aliphatic heterocycles. The van der Waals surface area contributed by atoms with Crippen LogP contribution in [-0.4, -0.2) is 35.7 Å². The molecule has 1 atom stereocenters. The number of nitrogens with two attached hydrogens (primary N) is 1. The number of aryl methyl sites for hydroxylation is 2. The summed E-state index contributed by atoms with van der Waals surface area (Å²) in [7, 11) is -3.23. The van der Waals surface area contributed by atoms with Gasteiger partial charge in [-0.1, -0.05) is 25.1 Å². The highest BCUT2D eigenvalue weighted by Gasteiger charge is 2.15. The van der Waals surface area contributed by atoms with Gasteiger partial charge in [-0.05, 0) is 37.8 Å². The second-order valence-electron chi connectivity index (χ2n) is 5.73. The molecule has 1 heterocycles. The molecule has 7 nitrogen and oxygen atoms in total. The summed E-state index contributed by atoms with van der Waals surface area (Å²) >= 11 is 0. The average Bonchev–Trinajstić information content (AvgIpc) is 2.49. The Morgan fingerprint density at radius 1 is 1.21 bits per heavy atom. The molecule has 1 aromatic heterocycles. The Balaban J connectivity index is 2.09. The van der Waals surface area contributed by atoms with E-state index in [9.17, 15) is 8.42 Å². The lowest BCUT2D eigenvalue weighted by Crippen LogP contribution is -2.22. The quantitative estimate of drug-likeness (QED) is 0.786. The third-order valence-corrected chi connectivity index (χ3v) is 4.92. The molecule has 0 bridgehead atoms. The number of nitrogen functional groups attached to an aromatic ring is 1. The van der Waals surface area contributed by atoms with Gasteiger partial charge in [-0.25, -0.2) is 8.42 Å². The second kappa shape index (κ2) is 7.57. The van der Waals surface area contributed by atoms with Gasteiger partial charge in [0.15, 0.2) is 9.84 Å². The molecule has 2 aromatic rings. The summed E-state index contributed by atoms with van der Waals surface area (Å²) in [5, 5.41) is 3.25. The van der Waals surface area contributed by atoms with Gasteiger partial charge in [0.05, 0.1) is 4.90 Å². The lowest BCUT2D eigenvalue weighted by molar-refractivity contribution is 0.596. The lowest BCUT2D eigenvalue weighted by Gasteiger charge is -2.18. The Kier molecular flexibility index (Phi) is 5.71. The molecule has 130 valence electrons. The van der Waals surface area contributed by atoms with E-state index in [4.69, 9.17) is 5.73 Å². The van der Waals surface area contributed by atoms with Crippen LogP contribution < -0.4 is 11.1 Å². The molecular formula is C16H23N5O2S. The number of benzene rings is 1. The van der Waals surface area contributed by atoms with Crippen LogP contribution in [0, 0.1) is 6.92 Å². The topological polar surface area (TPSA) is 111 Å². The molecule has 24 heavy (non-hydrogen) atoms. The summed E-state index contributed by atoms with van der Waals surface area (Å²) in [6.07, 6.45) is 3.49. The highest BCUT2D eigenvalue weighted by molar-refractivity contribution is 7.90. The van der Waals surface area contributed by atoms with Crippen LogP contribution in [0.4, 0.5) is 11.9 Å². The number of aromatic nitrogens is 3. The first kappa shape index (κ1) is 18.1. The van der Waals surface area contributed by atoms with E-state index in [2.05, 4.69) is 27.2 Å². The minimum Gasteiger partial charge on any atom is -0.368 e. The van der Waals surface area contributed by atoms with Crippen molar-refractivity contribution in [2.24, 2.45) is 0 Å². The molecule has 2 rings (SSSR count). The zero-order valence-corrected chi connectivity index (χ0v) is 15.0. The van der Waals surface area contributed by atoms with Crippen molar-refractivity contribution >= 4 is 21.7 Å². The maximum Gasteiger partial charge on any atom is 0.227 e. The van der Waals surface area contributed by atoms with Crippen LogP contribution in [0.3, 0.4) is 0 Å². The SMILES string of the molecule is CCC(CCc1ccccc1S(C)(=O)=O)Nc1nc(C)nc(N)n1. The summed E-state index contributed by atoms with van der Waals surface area (Å²) in [6.45, 7) is 3.81. The highest BCUT2D eigenvalue weighted by atomic mass is 32.2. The first-order valence-electron chi connectivity index (χ1n) is 7.82. The number of hydrogen-bond donors (Lipinski definition) is 2. The average molecular weight is 349 g/mol. The third kappa shape index (κ3) is 4.89. The summed E-state index contributed by atoms with van der Waals surface area (Å²) in [4.78, 5) is 12.6. The Morgan fingerprint density at radius 3 is 2.54 bits per heavy atom. The lowest BCUT2D eigenvalue weighted by atomic mass is 10.0. The molecule has 8 heteroatoms. The molecule has 0 aliphatic carbocycles. The molecule has 0 saturated carbocycles. The fourth-order valence-corrected chi connectivity index (χ4v) is 3.50. The van der Waals surface area contributed by atoms with Crippen LogP contribution >= 0.6 is 0 Å². The minimum absolute atomic E-state index is 0.110. The Hall–Kier alpha value is -2.22. The number of sulfone groups is 1. The van der Waals surface area contributed by atoms with E-state index in [1.54, 1.807) is 19.1 Å². The second-order valence-corrected chi connectivity index (χ2v) is 7.72. The van der Waals surface area contributed by atoms with Crippen LogP contribution in [0.5, 0.6) is 0 Å². The first-order valence-corrected chi connectivity index (χ1v) is 9.71. The zero-order valence-electron chi connectivity index (χ0n) is 14.2. The van der Waals surface area contributed by atoms with Crippen molar-refractivity contribution in [3.8, 4) is 0 Å². The van der Waals surface area contributed by atoms with E-state index in [1.165, 1.54) is 6.26 Å². The number of nitrogens with one attached hydrogen (secondary N) is 1. The molecule has 0 amide bonds. The van der Waals surface area contributed by atoms with E-state index < -0.39 is 9.84 Å². The van der Waals surface area contributed by atoms with Gasteiger partial charge in [-0.2, -0.15) is 15.0 Å². The van der Waals surface area contributed by atoms with E-state index in [1.807, 2.05) is 12.1 Å². The van der Waals surface area contributed by atoms with Gasteiger partial charge in [-0.3, -0.25) is 0 Å². The molecule has 1 unspecified atom stereocenters. The van der Waals surface area contributed by atoms with Crippen LogP contribution in [0.1, 0.15) is 31.2 Å². The molecule has 0 radical (unpaired) electrons. The number of hydrogen-bond acceptors (Lipinski definition) is 7. The predicted molar refractivity (Wildman–Crippen MR) is 94.6 cm³/mol. The highest BCUT2D eigenvalue weighted by Crippen LogP contribution is 2.19. The van der Waals surface area contributed by atoms with Crippen molar-refractivity contribution in [2.75, 3.05) is 17.3 Å². The normalized spacial score (nSPS) is 12.8. The predicted octanol–water partition coefficient (Wildman–Crippen LogP) is 1.99. The molecule has 3 N–H and O–H groups in total. The summed E-state index contributed by atoms with van der Waals surface area (Å²) in [5.74, 6) is 1.19. The molecule has 0 aliphatic rings. The van der Waals surface area contributed by atoms with Gasteiger partial charge >= 0.3 is 0 Å². The van der Waals surface area contributed by atoms with Crippen molar-refractivity contribution in [1.82, 2.24) is 15.0 Å². The maximum atomic E-state index is 11.9. The Bertz CT molecular complexity index is 788. The Morgan fingerprint density at radius 2 is 1.92 bits per heavy atom. The molecule has 0 spiro atoms. The Labute approximate surface area is 142 Å². The van der Waals surface area contributed by atoms with Gasteiger partial charge in [0.2, 0.25) is 11.9 Å². The van der Waals surface area contributed by atoms with Crippen molar-refractivity contribution in [1.29, 1.82) is 0 Å². The monoisotopic (exact) mass is 349 g/mol. The van der Waals surface area contributed by atoms with Crippen molar-refractivity contribution in [3.63, 3.8) is 0 Å². The van der Waals surface area contributed by atoms with Gasteiger partial charge in [0, 0.05) is 12.3 Å². The van der Waals surface area contributed by atoms with E-state index in [0.29, 0.717) is 23.1 Å². The van der Waals surface area contributed by atoms with Crippen LogP contribution in [0.15, 0.2) is 29.2 Å².